The molecule has 212 valence electrons. The average Bonchev–Trinajstić information content (AvgIpc) is 3.67. The van der Waals surface area contributed by atoms with E-state index < -0.39 is 0 Å². The highest BCUT2D eigenvalue weighted by molar-refractivity contribution is 7.23. The molecule has 9 aromatic rings. The predicted octanol–water partition coefficient (Wildman–Crippen LogP) is 8.06. The van der Waals surface area contributed by atoms with Crippen LogP contribution < -0.4 is 5.69 Å². The Morgan fingerprint density at radius 3 is 1.98 bits per heavy atom. The summed E-state index contributed by atoms with van der Waals surface area (Å²) in [7, 11) is 0. The van der Waals surface area contributed by atoms with Gasteiger partial charge in [-0.15, -0.1) is 0 Å². The van der Waals surface area contributed by atoms with E-state index in [1.54, 1.807) is 4.40 Å². The zero-order chi connectivity index (χ0) is 29.9. The molecule has 0 saturated heterocycles. The summed E-state index contributed by atoms with van der Waals surface area (Å²) in [5, 5.41) is 1.71. The second kappa shape index (κ2) is 10.0. The highest BCUT2D eigenvalue weighted by Crippen LogP contribution is 2.38. The van der Waals surface area contributed by atoms with Crippen LogP contribution >= 0.6 is 11.3 Å². The van der Waals surface area contributed by atoms with Gasteiger partial charge in [0.15, 0.2) is 23.3 Å². The summed E-state index contributed by atoms with van der Waals surface area (Å²) in [6, 6.07) is 39.1. The first-order chi connectivity index (χ1) is 22.2. The molecule has 9 heteroatoms. The monoisotopic (exact) mass is 600 g/mol. The zero-order valence-electron chi connectivity index (χ0n) is 23.5. The van der Waals surface area contributed by atoms with Gasteiger partial charge in [0.2, 0.25) is 4.96 Å². The highest BCUT2D eigenvalue weighted by atomic mass is 32.1. The SMILES string of the molecule is O=c1nc(-c2ccc3oc4cccc(-c5nc(-c6ccccc6)nc(-c6ccccc6)n5)c4c3c2)nc2sc3ccccc3n12. The van der Waals surface area contributed by atoms with E-state index in [9.17, 15) is 4.79 Å². The van der Waals surface area contributed by atoms with E-state index >= 15 is 0 Å². The molecule has 0 bridgehead atoms. The van der Waals surface area contributed by atoms with E-state index in [0.29, 0.717) is 45.0 Å². The van der Waals surface area contributed by atoms with Gasteiger partial charge in [0.1, 0.15) is 11.2 Å². The lowest BCUT2D eigenvalue weighted by Gasteiger charge is -2.09. The molecule has 0 spiro atoms. The van der Waals surface area contributed by atoms with Gasteiger partial charge in [-0.25, -0.2) is 24.1 Å². The molecule has 0 fully saturated rings. The van der Waals surface area contributed by atoms with Crippen molar-refractivity contribution >= 4 is 48.5 Å². The van der Waals surface area contributed by atoms with Gasteiger partial charge in [-0.1, -0.05) is 96.3 Å². The van der Waals surface area contributed by atoms with E-state index in [1.165, 1.54) is 11.3 Å². The molecule has 4 heterocycles. The molecule has 0 aliphatic carbocycles. The van der Waals surface area contributed by atoms with Crippen LogP contribution in [-0.4, -0.2) is 29.3 Å². The smallest absolute Gasteiger partial charge is 0.356 e. The maximum absolute atomic E-state index is 13.2. The predicted molar refractivity (Wildman–Crippen MR) is 177 cm³/mol. The van der Waals surface area contributed by atoms with Crippen molar-refractivity contribution in [2.45, 2.75) is 0 Å². The van der Waals surface area contributed by atoms with Gasteiger partial charge in [0, 0.05) is 33.0 Å². The lowest BCUT2D eigenvalue weighted by molar-refractivity contribution is 0.669. The van der Waals surface area contributed by atoms with Crippen LogP contribution in [0, 0.1) is 0 Å². The lowest BCUT2D eigenvalue weighted by Crippen LogP contribution is -2.17. The second-order valence-corrected chi connectivity index (χ2v) is 11.6. The maximum atomic E-state index is 13.2. The molecule has 8 nitrogen and oxygen atoms in total. The number of hydrogen-bond acceptors (Lipinski definition) is 8. The van der Waals surface area contributed by atoms with Crippen molar-refractivity contribution in [2.24, 2.45) is 0 Å². The van der Waals surface area contributed by atoms with Crippen molar-refractivity contribution in [1.82, 2.24) is 29.3 Å². The van der Waals surface area contributed by atoms with Crippen molar-refractivity contribution in [2.75, 3.05) is 0 Å². The van der Waals surface area contributed by atoms with Gasteiger partial charge in [-0.3, -0.25) is 0 Å². The number of rotatable bonds is 4. The molecule has 9 rings (SSSR count). The van der Waals surface area contributed by atoms with Crippen LogP contribution in [0.2, 0.25) is 0 Å². The number of furan rings is 1. The fraction of sp³-hybridized carbons (Fsp3) is 0. The van der Waals surface area contributed by atoms with Crippen LogP contribution in [0.1, 0.15) is 0 Å². The van der Waals surface area contributed by atoms with Gasteiger partial charge in [0.25, 0.3) is 0 Å². The first kappa shape index (κ1) is 25.4. The molecule has 0 radical (unpaired) electrons. The van der Waals surface area contributed by atoms with Crippen LogP contribution in [0.15, 0.2) is 131 Å². The molecule has 4 aromatic heterocycles. The van der Waals surface area contributed by atoms with Gasteiger partial charge in [-0.05, 0) is 36.4 Å². The Hall–Kier alpha value is -6.06. The lowest BCUT2D eigenvalue weighted by atomic mass is 10.0. The fourth-order valence-electron chi connectivity index (χ4n) is 5.70. The van der Waals surface area contributed by atoms with E-state index in [0.717, 1.165) is 37.7 Å². The fourth-order valence-corrected chi connectivity index (χ4v) is 6.71. The number of hydrogen-bond donors (Lipinski definition) is 0. The molecule has 5 aromatic carbocycles. The van der Waals surface area contributed by atoms with Gasteiger partial charge in [-0.2, -0.15) is 9.97 Å². The first-order valence-electron chi connectivity index (χ1n) is 14.3. The van der Waals surface area contributed by atoms with Crippen molar-refractivity contribution < 1.29 is 4.42 Å². The largest absolute Gasteiger partial charge is 0.456 e. The summed E-state index contributed by atoms with van der Waals surface area (Å²) in [5.74, 6) is 2.05. The van der Waals surface area contributed by atoms with E-state index in [2.05, 4.69) is 4.98 Å². The molecule has 0 atom stereocenters. The number of nitrogens with zero attached hydrogens (tertiary/aromatic N) is 6. The van der Waals surface area contributed by atoms with Gasteiger partial charge in [0.05, 0.1) is 10.2 Å². The quantitative estimate of drug-likeness (QED) is 0.201. The van der Waals surface area contributed by atoms with E-state index in [4.69, 9.17) is 24.4 Å². The zero-order valence-corrected chi connectivity index (χ0v) is 24.3. The minimum absolute atomic E-state index is 0.359. The standard InChI is InChI=1S/C36H20N6O2S/c43-35-40-33(41-36-42(35)26-15-7-8-17-29(26)45-36)23-18-19-27-25(20-23)30-24(14-9-16-28(30)44-27)34-38-31(21-10-3-1-4-11-21)37-32(39-34)22-12-5-2-6-13-22/h1-20H. The summed E-state index contributed by atoms with van der Waals surface area (Å²) in [6.07, 6.45) is 0. The Kier molecular flexibility index (Phi) is 5.66. The maximum Gasteiger partial charge on any atom is 0.356 e. The van der Waals surface area contributed by atoms with Crippen LogP contribution in [0.4, 0.5) is 0 Å². The van der Waals surface area contributed by atoms with Crippen LogP contribution in [0.3, 0.4) is 0 Å². The highest BCUT2D eigenvalue weighted by Gasteiger charge is 2.19. The second-order valence-electron chi connectivity index (χ2n) is 10.5. The van der Waals surface area contributed by atoms with Crippen molar-refractivity contribution in [3.63, 3.8) is 0 Å². The number of thiazole rings is 1. The first-order valence-corrected chi connectivity index (χ1v) is 15.1. The third-order valence-electron chi connectivity index (χ3n) is 7.79. The Morgan fingerprint density at radius 1 is 0.556 bits per heavy atom. The molecular weight excluding hydrogens is 581 g/mol. The van der Waals surface area contributed by atoms with Crippen LogP contribution in [0.25, 0.3) is 82.7 Å². The van der Waals surface area contributed by atoms with Gasteiger partial charge < -0.3 is 4.42 Å². The van der Waals surface area contributed by atoms with Crippen LogP contribution in [0.5, 0.6) is 0 Å². The third kappa shape index (κ3) is 4.21. The molecule has 0 N–H and O–H groups in total. The van der Waals surface area contributed by atoms with E-state index in [-0.39, 0.29) is 5.69 Å². The molecule has 0 amide bonds. The Bertz CT molecular complexity index is 2570. The molecule has 0 aliphatic rings. The molecular formula is C36H20N6O2S. The summed E-state index contributed by atoms with van der Waals surface area (Å²) >= 11 is 1.46. The van der Waals surface area contributed by atoms with Gasteiger partial charge >= 0.3 is 5.69 Å². The van der Waals surface area contributed by atoms with Crippen molar-refractivity contribution in [1.29, 1.82) is 0 Å². The normalized spacial score (nSPS) is 11.6. The topological polar surface area (TPSA) is 99.1 Å². The summed E-state index contributed by atoms with van der Waals surface area (Å²) in [5.41, 5.74) is 5.14. The Labute approximate surface area is 259 Å². The minimum Gasteiger partial charge on any atom is -0.456 e. The summed E-state index contributed by atoms with van der Waals surface area (Å²) in [6.45, 7) is 0. The molecule has 0 aliphatic heterocycles. The summed E-state index contributed by atoms with van der Waals surface area (Å²) in [4.78, 5) is 37.7. The number of aromatic nitrogens is 6. The van der Waals surface area contributed by atoms with E-state index in [1.807, 2.05) is 121 Å². The number of benzene rings is 5. The van der Waals surface area contributed by atoms with Crippen molar-refractivity contribution in [3.05, 3.63) is 132 Å². The number of para-hydroxylation sites is 1. The minimum atomic E-state index is -0.364. The van der Waals surface area contributed by atoms with Crippen LogP contribution in [-0.2, 0) is 0 Å². The third-order valence-corrected chi connectivity index (χ3v) is 8.81. The molecule has 45 heavy (non-hydrogen) atoms. The Balaban J connectivity index is 1.26. The van der Waals surface area contributed by atoms with Crippen molar-refractivity contribution in [3.8, 4) is 45.6 Å². The Morgan fingerprint density at radius 2 is 1.22 bits per heavy atom. The molecule has 0 unspecified atom stereocenters. The molecule has 0 saturated carbocycles. The number of fused-ring (bicyclic) bond motifs is 6. The average molecular weight is 601 g/mol. The summed E-state index contributed by atoms with van der Waals surface area (Å²) < 4.78 is 8.83.